The summed E-state index contributed by atoms with van der Waals surface area (Å²) < 4.78 is 68.1. The van der Waals surface area contributed by atoms with E-state index in [2.05, 4.69) is 44.5 Å². The molecule has 0 saturated carbocycles. The predicted molar refractivity (Wildman–Crippen MR) is 158 cm³/mol. The number of aromatic nitrogens is 2. The van der Waals surface area contributed by atoms with Crippen LogP contribution in [0.3, 0.4) is 0 Å². The van der Waals surface area contributed by atoms with Crippen LogP contribution < -0.4 is 10.6 Å². The Morgan fingerprint density at radius 3 is 2.48 bits per heavy atom. The lowest BCUT2D eigenvalue weighted by atomic mass is 9.81. The van der Waals surface area contributed by atoms with E-state index in [4.69, 9.17) is 14.3 Å². The van der Waals surface area contributed by atoms with Gasteiger partial charge in [0.1, 0.15) is 17.7 Å². The zero-order valence-electron chi connectivity index (χ0n) is 25.2. The number of ether oxygens (including phenoxy) is 1. The van der Waals surface area contributed by atoms with E-state index in [0.717, 1.165) is 18.2 Å². The van der Waals surface area contributed by atoms with Gasteiger partial charge in [-0.05, 0) is 60.4 Å². The van der Waals surface area contributed by atoms with Crippen molar-refractivity contribution in [2.45, 2.75) is 76.1 Å². The molecule has 2 aliphatic rings. The van der Waals surface area contributed by atoms with Gasteiger partial charge >= 0.3 is 6.18 Å². The number of carbonyl (C=O) groups excluding carboxylic acids is 2. The van der Waals surface area contributed by atoms with Gasteiger partial charge in [-0.2, -0.15) is 18.3 Å². The Balaban J connectivity index is 1.60. The van der Waals surface area contributed by atoms with E-state index in [1.165, 1.54) is 30.3 Å². The second-order valence-electron chi connectivity index (χ2n) is 12.8. The lowest BCUT2D eigenvalue weighted by Gasteiger charge is -2.36. The lowest BCUT2D eigenvalue weighted by molar-refractivity contribution is -0.137. The summed E-state index contributed by atoms with van der Waals surface area (Å²) >= 11 is 0. The third-order valence-electron chi connectivity index (χ3n) is 8.79. The summed E-state index contributed by atoms with van der Waals surface area (Å²) in [6, 6.07) is 8.16. The highest BCUT2D eigenvalue weighted by Gasteiger charge is 2.45. The fourth-order valence-corrected chi connectivity index (χ4v) is 6.18. The molecule has 2 N–H and O–H groups in total. The minimum absolute atomic E-state index is 0.0963. The largest absolute Gasteiger partial charge is 0.416 e. The number of hydrogen-bond donors (Lipinski definition) is 2. The molecule has 5 rings (SSSR count). The summed E-state index contributed by atoms with van der Waals surface area (Å²) in [6.07, 6.45) is -3.98. The van der Waals surface area contributed by atoms with Gasteiger partial charge in [-0.25, -0.2) is 9.07 Å². The van der Waals surface area contributed by atoms with E-state index in [0.29, 0.717) is 42.3 Å². The molecule has 3 aromatic rings. The Kier molecular flexibility index (Phi) is 8.51. The van der Waals surface area contributed by atoms with Crippen LogP contribution >= 0.6 is 0 Å². The molecule has 1 fully saturated rings. The quantitative estimate of drug-likeness (QED) is 0.232. The number of nitrogens with zero attached hydrogens (tertiary/aromatic N) is 2. The summed E-state index contributed by atoms with van der Waals surface area (Å²) in [5.74, 6) is -2.34. The lowest BCUT2D eigenvalue weighted by Crippen LogP contribution is -2.51. The van der Waals surface area contributed by atoms with E-state index in [9.17, 15) is 27.2 Å². The van der Waals surface area contributed by atoms with Gasteiger partial charge in [-0.1, -0.05) is 39.0 Å². The van der Waals surface area contributed by atoms with E-state index < -0.39 is 49.6 Å². The van der Waals surface area contributed by atoms with Crippen LogP contribution in [0.2, 0.25) is 18.1 Å². The van der Waals surface area contributed by atoms with Gasteiger partial charge in [0.25, 0.3) is 5.91 Å². The fraction of sp³-hybridized carbons (Fsp3) is 0.452. The molecule has 236 valence electrons. The highest BCUT2D eigenvalue weighted by Crippen LogP contribution is 2.43. The first-order chi connectivity index (χ1) is 20.6. The van der Waals surface area contributed by atoms with E-state index >= 15 is 0 Å². The van der Waals surface area contributed by atoms with E-state index in [1.54, 1.807) is 4.68 Å². The molecule has 13 heteroatoms. The molecular weight excluding hydrogens is 596 g/mol. The number of alkyl halides is 3. The second-order valence-corrected chi connectivity index (χ2v) is 17.6. The topological polar surface area (TPSA) is 94.5 Å². The Morgan fingerprint density at radius 2 is 1.86 bits per heavy atom. The van der Waals surface area contributed by atoms with Crippen LogP contribution in [-0.2, 0) is 26.7 Å². The van der Waals surface area contributed by atoms with Crippen molar-refractivity contribution in [1.82, 2.24) is 15.1 Å². The monoisotopic (exact) mass is 632 g/mol. The smallest absolute Gasteiger partial charge is 0.411 e. The number of benzene rings is 2. The Labute approximate surface area is 254 Å². The average molecular weight is 633 g/mol. The standard InChI is InChI=1S/C31H36F4N4O4Si/c1-30(2,3)44(4,5)43-17-23-25-24(18-9-11-21(32)12-10-18)26(29(41)37-27(25)39(38-23)22-13-14-42-16-22)36-28(40)19-7-6-8-20(15-19)31(33,34)35/h6-12,15,22,24,26H,13-14,16-17H2,1-5H3,(H,36,40)(H,37,41)/t22?,24-,26+/m1/s1. The van der Waals surface area contributed by atoms with Gasteiger partial charge < -0.3 is 19.8 Å². The van der Waals surface area contributed by atoms with Crippen molar-refractivity contribution in [2.75, 3.05) is 18.5 Å². The molecule has 2 aromatic carbocycles. The third kappa shape index (κ3) is 6.31. The number of rotatable bonds is 7. The van der Waals surface area contributed by atoms with Gasteiger partial charge in [0.15, 0.2) is 8.32 Å². The summed E-state index contributed by atoms with van der Waals surface area (Å²) in [6.45, 7) is 11.6. The van der Waals surface area contributed by atoms with Crippen molar-refractivity contribution >= 4 is 25.9 Å². The molecule has 2 amide bonds. The summed E-state index contributed by atoms with van der Waals surface area (Å²) in [5, 5.41) is 10.4. The predicted octanol–water partition coefficient (Wildman–Crippen LogP) is 6.41. The van der Waals surface area contributed by atoms with Crippen molar-refractivity contribution in [1.29, 1.82) is 0 Å². The fourth-order valence-electron chi connectivity index (χ4n) is 5.25. The highest BCUT2D eigenvalue weighted by molar-refractivity contribution is 6.74. The Morgan fingerprint density at radius 1 is 1.16 bits per heavy atom. The van der Waals surface area contributed by atoms with Gasteiger partial charge in [-0.3, -0.25) is 9.59 Å². The number of hydrogen-bond acceptors (Lipinski definition) is 5. The van der Waals surface area contributed by atoms with Crippen molar-refractivity contribution in [3.8, 4) is 0 Å². The van der Waals surface area contributed by atoms with Crippen molar-refractivity contribution in [3.63, 3.8) is 0 Å². The molecule has 1 aromatic heterocycles. The van der Waals surface area contributed by atoms with Crippen LogP contribution in [0.1, 0.15) is 71.9 Å². The highest BCUT2D eigenvalue weighted by atomic mass is 28.4. The molecule has 3 heterocycles. The summed E-state index contributed by atoms with van der Waals surface area (Å²) in [5.41, 5.74) is 0.422. The van der Waals surface area contributed by atoms with Crippen molar-refractivity contribution in [2.24, 2.45) is 0 Å². The maximum atomic E-state index is 14.1. The SMILES string of the molecule is CC(C)(C)[Si](C)(C)OCc1nn(C2CCOC2)c2c1[C@@H](c1ccc(F)cc1)[C@H](NC(=O)c1cccc(C(F)(F)F)c1)C(=O)N2. The number of anilines is 1. The zero-order valence-corrected chi connectivity index (χ0v) is 26.2. The third-order valence-corrected chi connectivity index (χ3v) is 13.3. The minimum atomic E-state index is -4.65. The Hall–Kier alpha value is -3.55. The van der Waals surface area contributed by atoms with Crippen LogP contribution in [0, 0.1) is 5.82 Å². The van der Waals surface area contributed by atoms with Crippen LogP contribution in [0.4, 0.5) is 23.4 Å². The van der Waals surface area contributed by atoms with E-state index in [-0.39, 0.29) is 23.3 Å². The molecule has 8 nitrogen and oxygen atoms in total. The molecular formula is C31H36F4N4O4Si. The Bertz CT molecular complexity index is 1540. The first kappa shape index (κ1) is 31.9. The first-order valence-corrected chi connectivity index (χ1v) is 17.3. The maximum Gasteiger partial charge on any atom is 0.416 e. The average Bonchev–Trinajstić information content (AvgIpc) is 3.60. The van der Waals surface area contributed by atoms with Gasteiger partial charge in [-0.15, -0.1) is 0 Å². The van der Waals surface area contributed by atoms with Gasteiger partial charge in [0.05, 0.1) is 30.5 Å². The number of nitrogens with one attached hydrogen (secondary N) is 2. The summed E-state index contributed by atoms with van der Waals surface area (Å²) in [4.78, 5) is 27.1. The molecule has 0 spiro atoms. The molecule has 0 bridgehead atoms. The van der Waals surface area contributed by atoms with Crippen LogP contribution in [0.15, 0.2) is 48.5 Å². The number of fused-ring (bicyclic) bond motifs is 1. The van der Waals surface area contributed by atoms with Gasteiger partial charge in [0.2, 0.25) is 5.91 Å². The van der Waals surface area contributed by atoms with Gasteiger partial charge in [0, 0.05) is 23.7 Å². The maximum absolute atomic E-state index is 14.1. The normalized spacial score (nSPS) is 20.8. The number of halogens is 4. The van der Waals surface area contributed by atoms with E-state index in [1.807, 2.05) is 0 Å². The number of amides is 2. The zero-order chi connectivity index (χ0) is 32.0. The van der Waals surface area contributed by atoms with Crippen LogP contribution in [0.25, 0.3) is 0 Å². The molecule has 0 aliphatic carbocycles. The minimum Gasteiger partial charge on any atom is -0.411 e. The molecule has 1 unspecified atom stereocenters. The van der Waals surface area contributed by atoms with Crippen LogP contribution in [0.5, 0.6) is 0 Å². The summed E-state index contributed by atoms with van der Waals surface area (Å²) in [7, 11) is -2.26. The van der Waals surface area contributed by atoms with Crippen molar-refractivity contribution < 1.29 is 36.3 Å². The molecule has 3 atom stereocenters. The second kappa shape index (κ2) is 11.7. The first-order valence-electron chi connectivity index (χ1n) is 14.4. The molecule has 1 saturated heterocycles. The number of carbonyl (C=O) groups is 2. The molecule has 0 radical (unpaired) electrons. The van der Waals surface area contributed by atoms with Crippen LogP contribution in [-0.4, -0.2) is 49.2 Å². The van der Waals surface area contributed by atoms with Crippen molar-refractivity contribution in [3.05, 3.63) is 82.3 Å². The molecule has 44 heavy (non-hydrogen) atoms. The molecule has 2 aliphatic heterocycles.